The van der Waals surface area contributed by atoms with Gasteiger partial charge in [-0.05, 0) is 29.9 Å². The van der Waals surface area contributed by atoms with E-state index in [1.165, 1.54) is 4.90 Å². The zero-order valence-corrected chi connectivity index (χ0v) is 14.7. The SMILES string of the molecule is O=C(NO)[C@H]1[C@H](c2cc3n(c2)CCN(CC(F)(F)F)C3)[C@H]1C1C=CC=CC1. The van der Waals surface area contributed by atoms with Crippen LogP contribution in [0.25, 0.3) is 0 Å². The molecule has 1 saturated carbocycles. The van der Waals surface area contributed by atoms with Crippen LogP contribution in [-0.4, -0.2) is 39.8 Å². The van der Waals surface area contributed by atoms with Crippen LogP contribution in [0.2, 0.25) is 0 Å². The van der Waals surface area contributed by atoms with Crippen LogP contribution >= 0.6 is 0 Å². The van der Waals surface area contributed by atoms with Crippen LogP contribution in [0.5, 0.6) is 0 Å². The van der Waals surface area contributed by atoms with E-state index in [2.05, 4.69) is 12.2 Å². The molecular weight excluding hydrogens is 359 g/mol. The predicted octanol–water partition coefficient (Wildman–Crippen LogP) is 2.83. The van der Waals surface area contributed by atoms with Gasteiger partial charge >= 0.3 is 6.18 Å². The number of hydroxylamine groups is 1. The van der Waals surface area contributed by atoms with Gasteiger partial charge in [0.05, 0.1) is 12.5 Å². The van der Waals surface area contributed by atoms with Crippen LogP contribution in [0.3, 0.4) is 0 Å². The number of aromatic nitrogens is 1. The van der Waals surface area contributed by atoms with E-state index in [0.717, 1.165) is 17.7 Å². The van der Waals surface area contributed by atoms with E-state index in [1.807, 2.05) is 29.0 Å². The number of nitrogens with one attached hydrogen (secondary N) is 1. The minimum Gasteiger partial charge on any atom is -0.349 e. The van der Waals surface area contributed by atoms with Crippen molar-refractivity contribution in [1.82, 2.24) is 14.9 Å². The van der Waals surface area contributed by atoms with Crippen molar-refractivity contribution in [2.75, 3.05) is 13.1 Å². The van der Waals surface area contributed by atoms with Gasteiger partial charge in [0.15, 0.2) is 0 Å². The van der Waals surface area contributed by atoms with Crippen LogP contribution in [0.15, 0.2) is 36.6 Å². The second-order valence-electron chi connectivity index (χ2n) is 7.60. The number of allylic oxidation sites excluding steroid dienone is 4. The largest absolute Gasteiger partial charge is 0.401 e. The summed E-state index contributed by atoms with van der Waals surface area (Å²) < 4.78 is 40.0. The minimum atomic E-state index is -4.20. The Kier molecular flexibility index (Phi) is 4.63. The number of hydrogen-bond acceptors (Lipinski definition) is 3. The lowest BCUT2D eigenvalue weighted by Crippen LogP contribution is -2.39. The van der Waals surface area contributed by atoms with Gasteiger partial charge in [-0.2, -0.15) is 13.2 Å². The first-order valence-electron chi connectivity index (χ1n) is 9.13. The molecule has 0 saturated heterocycles. The molecule has 0 radical (unpaired) electrons. The maximum absolute atomic E-state index is 12.7. The molecule has 0 spiro atoms. The second-order valence-corrected chi connectivity index (χ2v) is 7.60. The highest BCUT2D eigenvalue weighted by molar-refractivity contribution is 5.82. The number of halogens is 3. The fraction of sp³-hybridized carbons (Fsp3) is 0.526. The lowest BCUT2D eigenvalue weighted by molar-refractivity contribution is -0.148. The molecule has 146 valence electrons. The van der Waals surface area contributed by atoms with Gasteiger partial charge in [0.25, 0.3) is 0 Å². The summed E-state index contributed by atoms with van der Waals surface area (Å²) in [4.78, 5) is 13.5. The number of alkyl halides is 3. The van der Waals surface area contributed by atoms with Crippen molar-refractivity contribution in [3.63, 3.8) is 0 Å². The highest BCUT2D eigenvalue weighted by Crippen LogP contribution is 2.59. The molecule has 0 aromatic carbocycles. The molecular formula is C19H22F3N3O2. The van der Waals surface area contributed by atoms with Crippen LogP contribution < -0.4 is 5.48 Å². The average molecular weight is 381 g/mol. The average Bonchev–Trinajstić information content (AvgIpc) is 3.24. The highest BCUT2D eigenvalue weighted by Gasteiger charge is 2.58. The van der Waals surface area contributed by atoms with Crippen molar-refractivity contribution >= 4 is 5.91 Å². The number of amides is 1. The van der Waals surface area contributed by atoms with E-state index >= 15 is 0 Å². The molecule has 2 heterocycles. The molecule has 3 aliphatic rings. The summed E-state index contributed by atoms with van der Waals surface area (Å²) in [5.74, 6) is -0.412. The van der Waals surface area contributed by atoms with Crippen molar-refractivity contribution < 1.29 is 23.2 Å². The molecule has 4 atom stereocenters. The Balaban J connectivity index is 1.52. The van der Waals surface area contributed by atoms with Crippen LogP contribution in [0.1, 0.15) is 23.6 Å². The third-order valence-electron chi connectivity index (χ3n) is 5.83. The Morgan fingerprint density at radius 2 is 2.11 bits per heavy atom. The fourth-order valence-electron chi connectivity index (χ4n) is 4.64. The van der Waals surface area contributed by atoms with Crippen LogP contribution in [-0.2, 0) is 17.9 Å². The maximum atomic E-state index is 12.7. The van der Waals surface area contributed by atoms with Gasteiger partial charge in [0.1, 0.15) is 0 Å². The summed E-state index contributed by atoms with van der Waals surface area (Å²) in [6.45, 7) is 0.200. The van der Waals surface area contributed by atoms with E-state index in [-0.39, 0.29) is 30.2 Å². The molecule has 4 rings (SSSR count). The molecule has 1 unspecified atom stereocenters. The molecule has 2 aliphatic carbocycles. The van der Waals surface area contributed by atoms with E-state index in [1.54, 1.807) is 5.48 Å². The Morgan fingerprint density at radius 1 is 1.30 bits per heavy atom. The maximum Gasteiger partial charge on any atom is 0.401 e. The minimum absolute atomic E-state index is 0.0209. The summed E-state index contributed by atoms with van der Waals surface area (Å²) in [5.41, 5.74) is 3.58. The fourth-order valence-corrected chi connectivity index (χ4v) is 4.64. The molecule has 0 bridgehead atoms. The third kappa shape index (κ3) is 3.68. The van der Waals surface area contributed by atoms with Gasteiger partial charge in [0.2, 0.25) is 5.91 Å². The molecule has 5 nitrogen and oxygen atoms in total. The first-order valence-corrected chi connectivity index (χ1v) is 9.13. The van der Waals surface area contributed by atoms with Gasteiger partial charge in [-0.15, -0.1) is 0 Å². The summed E-state index contributed by atoms with van der Waals surface area (Å²) in [7, 11) is 0. The predicted molar refractivity (Wildman–Crippen MR) is 91.8 cm³/mol. The molecule has 8 heteroatoms. The molecule has 27 heavy (non-hydrogen) atoms. The number of fused-ring (bicyclic) bond motifs is 1. The lowest BCUT2D eigenvalue weighted by Gasteiger charge is -2.28. The molecule has 1 aromatic heterocycles. The Morgan fingerprint density at radius 3 is 2.78 bits per heavy atom. The van der Waals surface area contributed by atoms with Crippen LogP contribution in [0, 0.1) is 17.8 Å². The number of hydrogen-bond donors (Lipinski definition) is 2. The van der Waals surface area contributed by atoms with E-state index in [0.29, 0.717) is 13.1 Å². The lowest BCUT2D eigenvalue weighted by atomic mass is 9.93. The third-order valence-corrected chi connectivity index (χ3v) is 5.83. The zero-order valence-electron chi connectivity index (χ0n) is 14.7. The summed E-state index contributed by atoms with van der Waals surface area (Å²) in [6, 6.07) is 1.92. The van der Waals surface area contributed by atoms with Gasteiger partial charge in [-0.1, -0.05) is 24.3 Å². The molecule has 1 aromatic rings. The van der Waals surface area contributed by atoms with Crippen molar-refractivity contribution in [2.24, 2.45) is 17.8 Å². The van der Waals surface area contributed by atoms with Gasteiger partial charge in [-0.25, -0.2) is 5.48 Å². The van der Waals surface area contributed by atoms with Crippen molar-refractivity contribution in [3.05, 3.63) is 47.8 Å². The molecule has 2 N–H and O–H groups in total. The summed E-state index contributed by atoms with van der Waals surface area (Å²) in [5, 5.41) is 9.08. The number of rotatable bonds is 4. The summed E-state index contributed by atoms with van der Waals surface area (Å²) in [6.07, 6.45) is 6.70. The van der Waals surface area contributed by atoms with Crippen molar-refractivity contribution in [3.8, 4) is 0 Å². The number of carbonyl (C=O) groups excluding carboxylic acids is 1. The first kappa shape index (κ1) is 18.3. The normalized spacial score (nSPS) is 30.2. The highest BCUT2D eigenvalue weighted by atomic mass is 19.4. The Hall–Kier alpha value is -2.06. The quantitative estimate of drug-likeness (QED) is 0.623. The smallest absolute Gasteiger partial charge is 0.349 e. The number of carbonyl (C=O) groups is 1. The topological polar surface area (TPSA) is 57.5 Å². The Labute approximate surface area is 155 Å². The first-order chi connectivity index (χ1) is 12.9. The summed E-state index contributed by atoms with van der Waals surface area (Å²) >= 11 is 0. The second kappa shape index (κ2) is 6.83. The van der Waals surface area contributed by atoms with E-state index in [4.69, 9.17) is 5.21 Å². The monoisotopic (exact) mass is 381 g/mol. The van der Waals surface area contributed by atoms with Gasteiger partial charge in [-0.3, -0.25) is 14.9 Å². The van der Waals surface area contributed by atoms with Gasteiger partial charge in [0, 0.05) is 37.4 Å². The molecule has 1 amide bonds. The van der Waals surface area contributed by atoms with E-state index in [9.17, 15) is 18.0 Å². The van der Waals surface area contributed by atoms with Crippen molar-refractivity contribution in [1.29, 1.82) is 0 Å². The molecule has 1 aliphatic heterocycles. The standard InChI is InChI=1S/C19H22F3N3O2/c20-19(21,22)11-24-6-7-25-9-13(8-14(25)10-24)16-15(17(16)18(26)23-27)12-4-2-1-3-5-12/h1-4,8-9,12,15-17,27H,5-7,10-11H2,(H,23,26)/t12?,15-,16-,17-/m1/s1. The van der Waals surface area contributed by atoms with Crippen LogP contribution in [0.4, 0.5) is 13.2 Å². The Bertz CT molecular complexity index is 784. The van der Waals surface area contributed by atoms with Crippen molar-refractivity contribution in [2.45, 2.75) is 31.6 Å². The van der Waals surface area contributed by atoms with Gasteiger partial charge < -0.3 is 4.57 Å². The zero-order chi connectivity index (χ0) is 19.2. The molecule has 1 fully saturated rings. The van der Waals surface area contributed by atoms with E-state index < -0.39 is 18.6 Å². The number of nitrogens with zero attached hydrogens (tertiary/aromatic N) is 2.